The van der Waals surface area contributed by atoms with Crippen LogP contribution in [-0.2, 0) is 22.7 Å². The fourth-order valence-corrected chi connectivity index (χ4v) is 4.67. The molecule has 4 rings (SSSR count). The van der Waals surface area contributed by atoms with Crippen molar-refractivity contribution < 1.29 is 23.2 Å². The fraction of sp³-hybridized carbons (Fsp3) is 0.591. The van der Waals surface area contributed by atoms with Gasteiger partial charge in [0.25, 0.3) is 11.8 Å². The van der Waals surface area contributed by atoms with Gasteiger partial charge in [0.1, 0.15) is 6.04 Å². The van der Waals surface area contributed by atoms with Gasteiger partial charge in [-0.05, 0) is 49.5 Å². The van der Waals surface area contributed by atoms with Crippen molar-refractivity contribution >= 4 is 17.7 Å². The van der Waals surface area contributed by atoms with Crippen LogP contribution in [-0.4, -0.2) is 54.2 Å². The number of halogens is 2. The SMILES string of the molecule is O=C1CCC(N2Cc3cc(CNCCC4CCNCCC4(F)F)ccc3C2=O)C(=O)N1. The van der Waals surface area contributed by atoms with Crippen LogP contribution >= 0.6 is 0 Å². The third-order valence-corrected chi connectivity index (χ3v) is 6.49. The van der Waals surface area contributed by atoms with Gasteiger partial charge in [-0.25, -0.2) is 8.78 Å². The number of hydrogen-bond donors (Lipinski definition) is 3. The van der Waals surface area contributed by atoms with E-state index < -0.39 is 23.8 Å². The minimum absolute atomic E-state index is 0.111. The number of rotatable bonds is 6. The molecular formula is C22H28F2N4O3. The van der Waals surface area contributed by atoms with Crippen molar-refractivity contribution in [2.75, 3.05) is 19.6 Å². The Morgan fingerprint density at radius 1 is 1.16 bits per heavy atom. The topological polar surface area (TPSA) is 90.5 Å². The highest BCUT2D eigenvalue weighted by molar-refractivity contribution is 6.05. The van der Waals surface area contributed by atoms with E-state index in [1.165, 1.54) is 4.90 Å². The fourth-order valence-electron chi connectivity index (χ4n) is 4.67. The molecule has 3 aliphatic heterocycles. The van der Waals surface area contributed by atoms with E-state index in [1.54, 1.807) is 6.07 Å². The van der Waals surface area contributed by atoms with Gasteiger partial charge in [0.2, 0.25) is 11.8 Å². The zero-order valence-corrected chi connectivity index (χ0v) is 17.4. The molecule has 168 valence electrons. The van der Waals surface area contributed by atoms with E-state index in [1.807, 2.05) is 12.1 Å². The summed E-state index contributed by atoms with van der Waals surface area (Å²) in [7, 11) is 0. The van der Waals surface area contributed by atoms with Crippen molar-refractivity contribution in [3.8, 4) is 0 Å². The highest BCUT2D eigenvalue weighted by Gasteiger charge is 2.40. The summed E-state index contributed by atoms with van der Waals surface area (Å²) in [6, 6.07) is 4.90. The van der Waals surface area contributed by atoms with Crippen LogP contribution < -0.4 is 16.0 Å². The summed E-state index contributed by atoms with van der Waals surface area (Å²) >= 11 is 0. The molecule has 3 heterocycles. The largest absolute Gasteiger partial charge is 0.322 e. The second-order valence-electron chi connectivity index (χ2n) is 8.60. The summed E-state index contributed by atoms with van der Waals surface area (Å²) in [6.45, 7) is 2.34. The molecule has 0 bridgehead atoms. The lowest BCUT2D eigenvalue weighted by Crippen LogP contribution is -2.52. The molecule has 0 radical (unpaired) electrons. The van der Waals surface area contributed by atoms with Crippen molar-refractivity contribution in [1.82, 2.24) is 20.9 Å². The lowest BCUT2D eigenvalue weighted by molar-refractivity contribution is -0.136. The first kappa shape index (κ1) is 21.8. The third kappa shape index (κ3) is 4.77. The van der Waals surface area contributed by atoms with Crippen LogP contribution in [0.3, 0.4) is 0 Å². The maximum atomic E-state index is 14.2. The molecule has 2 unspecified atom stereocenters. The van der Waals surface area contributed by atoms with Gasteiger partial charge in [0.15, 0.2) is 0 Å². The number of imide groups is 1. The average Bonchev–Trinajstić information content (AvgIpc) is 2.94. The van der Waals surface area contributed by atoms with Crippen LogP contribution in [0.5, 0.6) is 0 Å². The first-order valence-corrected chi connectivity index (χ1v) is 10.9. The Balaban J connectivity index is 1.31. The number of piperidine rings is 1. The molecule has 3 N–H and O–H groups in total. The van der Waals surface area contributed by atoms with Gasteiger partial charge in [-0.1, -0.05) is 12.1 Å². The quantitative estimate of drug-likeness (QED) is 0.467. The minimum atomic E-state index is -2.63. The predicted octanol–water partition coefficient (Wildman–Crippen LogP) is 1.56. The molecular weight excluding hydrogens is 406 g/mol. The molecule has 31 heavy (non-hydrogen) atoms. The normalized spacial score (nSPS) is 25.9. The zero-order chi connectivity index (χ0) is 22.0. The molecule has 7 nitrogen and oxygen atoms in total. The Morgan fingerprint density at radius 3 is 2.81 bits per heavy atom. The Kier molecular flexibility index (Phi) is 6.34. The zero-order valence-electron chi connectivity index (χ0n) is 17.4. The van der Waals surface area contributed by atoms with E-state index in [2.05, 4.69) is 16.0 Å². The second kappa shape index (κ2) is 9.00. The molecule has 9 heteroatoms. The molecule has 1 aromatic rings. The lowest BCUT2D eigenvalue weighted by Gasteiger charge is -2.29. The number of nitrogens with one attached hydrogen (secondary N) is 3. The average molecular weight is 434 g/mol. The molecule has 0 aromatic heterocycles. The molecule has 0 spiro atoms. The molecule has 0 saturated carbocycles. The summed E-state index contributed by atoms with van der Waals surface area (Å²) in [4.78, 5) is 37.8. The minimum Gasteiger partial charge on any atom is -0.322 e. The molecule has 3 aliphatic rings. The molecule has 2 saturated heterocycles. The van der Waals surface area contributed by atoms with Crippen LogP contribution in [0.15, 0.2) is 18.2 Å². The highest BCUT2D eigenvalue weighted by atomic mass is 19.3. The summed E-state index contributed by atoms with van der Waals surface area (Å²) < 4.78 is 28.3. The van der Waals surface area contributed by atoms with Crippen LogP contribution in [0.1, 0.15) is 53.6 Å². The van der Waals surface area contributed by atoms with Crippen molar-refractivity contribution in [3.05, 3.63) is 34.9 Å². The maximum absolute atomic E-state index is 14.2. The lowest BCUT2D eigenvalue weighted by atomic mass is 9.93. The van der Waals surface area contributed by atoms with Crippen molar-refractivity contribution in [2.45, 2.75) is 57.2 Å². The maximum Gasteiger partial charge on any atom is 0.255 e. The van der Waals surface area contributed by atoms with Gasteiger partial charge < -0.3 is 15.5 Å². The van der Waals surface area contributed by atoms with Crippen LogP contribution in [0, 0.1) is 5.92 Å². The number of carbonyl (C=O) groups excluding carboxylic acids is 3. The van der Waals surface area contributed by atoms with E-state index in [0.717, 1.165) is 11.1 Å². The van der Waals surface area contributed by atoms with Crippen LogP contribution in [0.25, 0.3) is 0 Å². The standard InChI is InChI=1S/C22H28F2N4O3/c23-22(24)7-10-25-8-5-16(22)6-9-26-12-14-1-2-17-15(11-14)13-28(21(17)31)18-3-4-19(29)27-20(18)30/h1-2,11,16,18,25-26H,3-10,12-13H2,(H,27,29,30). The first-order chi connectivity index (χ1) is 14.8. The second-order valence-corrected chi connectivity index (χ2v) is 8.60. The first-order valence-electron chi connectivity index (χ1n) is 10.9. The summed E-state index contributed by atoms with van der Waals surface area (Å²) in [6.07, 6.45) is 1.34. The van der Waals surface area contributed by atoms with Gasteiger partial charge in [0.05, 0.1) is 0 Å². The monoisotopic (exact) mass is 434 g/mol. The van der Waals surface area contributed by atoms with Gasteiger partial charge in [-0.2, -0.15) is 0 Å². The van der Waals surface area contributed by atoms with Gasteiger partial charge in [-0.3, -0.25) is 19.7 Å². The number of alkyl halides is 2. The van der Waals surface area contributed by atoms with Crippen LogP contribution in [0.4, 0.5) is 8.78 Å². The number of fused-ring (bicyclic) bond motifs is 1. The van der Waals surface area contributed by atoms with Crippen molar-refractivity contribution in [1.29, 1.82) is 0 Å². The van der Waals surface area contributed by atoms with E-state index >= 15 is 0 Å². The molecule has 1 aromatic carbocycles. The smallest absolute Gasteiger partial charge is 0.255 e. The van der Waals surface area contributed by atoms with Crippen molar-refractivity contribution in [2.24, 2.45) is 5.92 Å². The Morgan fingerprint density at radius 2 is 2.00 bits per heavy atom. The predicted molar refractivity (Wildman–Crippen MR) is 109 cm³/mol. The highest BCUT2D eigenvalue weighted by Crippen LogP contribution is 2.34. The van der Waals surface area contributed by atoms with Crippen LogP contribution in [0.2, 0.25) is 0 Å². The van der Waals surface area contributed by atoms with Gasteiger partial charge in [-0.15, -0.1) is 0 Å². The number of hydrogen-bond acceptors (Lipinski definition) is 5. The number of amides is 3. The molecule has 2 fully saturated rings. The third-order valence-electron chi connectivity index (χ3n) is 6.49. The van der Waals surface area contributed by atoms with Gasteiger partial charge >= 0.3 is 0 Å². The Hall–Kier alpha value is -2.39. The van der Waals surface area contributed by atoms with Crippen molar-refractivity contribution in [3.63, 3.8) is 0 Å². The number of carbonyl (C=O) groups is 3. The van der Waals surface area contributed by atoms with Gasteiger partial charge in [0, 0.05) is 44.0 Å². The summed E-state index contributed by atoms with van der Waals surface area (Å²) in [5, 5.41) is 8.57. The Bertz CT molecular complexity index is 876. The number of benzene rings is 1. The van der Waals surface area contributed by atoms with E-state index in [9.17, 15) is 23.2 Å². The molecule has 0 aliphatic carbocycles. The summed E-state index contributed by atoms with van der Waals surface area (Å²) in [5.74, 6) is -4.18. The van der Waals surface area contributed by atoms with E-state index in [0.29, 0.717) is 57.5 Å². The Labute approximate surface area is 179 Å². The van der Waals surface area contributed by atoms with E-state index in [-0.39, 0.29) is 24.7 Å². The molecule has 3 amide bonds. The summed E-state index contributed by atoms with van der Waals surface area (Å²) in [5.41, 5.74) is 2.38. The number of nitrogens with zero attached hydrogens (tertiary/aromatic N) is 1. The molecule has 2 atom stereocenters. The van der Waals surface area contributed by atoms with E-state index in [4.69, 9.17) is 0 Å².